The van der Waals surface area contributed by atoms with Gasteiger partial charge in [-0.05, 0) is 29.8 Å². The van der Waals surface area contributed by atoms with Crippen LogP contribution >= 0.6 is 0 Å². The Bertz CT molecular complexity index is 663. The first-order chi connectivity index (χ1) is 10.1. The molecule has 0 radical (unpaired) electrons. The topological polar surface area (TPSA) is 86.0 Å². The molecule has 0 spiro atoms. The van der Waals surface area contributed by atoms with Crippen molar-refractivity contribution in [2.45, 2.75) is 6.10 Å². The van der Waals surface area contributed by atoms with Gasteiger partial charge in [0.2, 0.25) is 0 Å². The van der Waals surface area contributed by atoms with Gasteiger partial charge < -0.3 is 10.4 Å². The number of pyridine rings is 1. The molecule has 0 aliphatic rings. The van der Waals surface area contributed by atoms with Gasteiger partial charge in [-0.25, -0.2) is 9.37 Å². The maximum absolute atomic E-state index is 12.8. The zero-order chi connectivity index (χ0) is 15.2. The number of hydrogen-bond donors (Lipinski definition) is 2. The van der Waals surface area contributed by atoms with Gasteiger partial charge in [-0.1, -0.05) is 12.1 Å². The summed E-state index contributed by atoms with van der Waals surface area (Å²) in [6.07, 6.45) is 0.360. The summed E-state index contributed by atoms with van der Waals surface area (Å²) in [5.74, 6) is -0.850. The van der Waals surface area contributed by atoms with Crippen molar-refractivity contribution in [1.29, 1.82) is 5.26 Å². The van der Waals surface area contributed by atoms with Crippen LogP contribution in [0.4, 0.5) is 4.39 Å². The summed E-state index contributed by atoms with van der Waals surface area (Å²) >= 11 is 0. The monoisotopic (exact) mass is 285 g/mol. The lowest BCUT2D eigenvalue weighted by Crippen LogP contribution is -2.29. The van der Waals surface area contributed by atoms with E-state index in [0.717, 1.165) is 0 Å². The molecule has 1 aromatic heterocycles. The number of nitrogens with zero attached hydrogens (tertiary/aromatic N) is 2. The minimum atomic E-state index is -0.937. The SMILES string of the molecule is N#Cc1ccc(C(=O)NCC(O)c2ccc(F)cc2)nc1. The van der Waals surface area contributed by atoms with Crippen LogP contribution < -0.4 is 5.32 Å². The predicted molar refractivity (Wildman–Crippen MR) is 72.6 cm³/mol. The smallest absolute Gasteiger partial charge is 0.269 e. The number of hydrogen-bond acceptors (Lipinski definition) is 4. The van der Waals surface area contributed by atoms with Crippen molar-refractivity contribution in [2.75, 3.05) is 6.54 Å². The fourth-order valence-electron chi connectivity index (χ4n) is 1.68. The summed E-state index contributed by atoms with van der Waals surface area (Å²) in [4.78, 5) is 15.7. The summed E-state index contributed by atoms with van der Waals surface area (Å²) < 4.78 is 12.8. The van der Waals surface area contributed by atoms with Crippen molar-refractivity contribution < 1.29 is 14.3 Å². The first-order valence-corrected chi connectivity index (χ1v) is 6.18. The fourth-order valence-corrected chi connectivity index (χ4v) is 1.68. The van der Waals surface area contributed by atoms with E-state index >= 15 is 0 Å². The number of rotatable bonds is 4. The molecule has 2 rings (SSSR count). The second-order valence-corrected chi connectivity index (χ2v) is 4.32. The minimum Gasteiger partial charge on any atom is -0.387 e. The Morgan fingerprint density at radius 2 is 2.05 bits per heavy atom. The Morgan fingerprint density at radius 3 is 2.62 bits per heavy atom. The van der Waals surface area contributed by atoms with Gasteiger partial charge in [0.25, 0.3) is 5.91 Å². The summed E-state index contributed by atoms with van der Waals surface area (Å²) in [5.41, 5.74) is 1.02. The second-order valence-electron chi connectivity index (χ2n) is 4.32. The highest BCUT2D eigenvalue weighted by molar-refractivity contribution is 5.92. The Kier molecular flexibility index (Phi) is 4.59. The fraction of sp³-hybridized carbons (Fsp3) is 0.133. The van der Waals surface area contributed by atoms with Crippen molar-refractivity contribution in [1.82, 2.24) is 10.3 Å². The van der Waals surface area contributed by atoms with Crippen LogP contribution in [-0.2, 0) is 0 Å². The summed E-state index contributed by atoms with van der Waals surface area (Å²) in [6.45, 7) is -0.0217. The molecule has 0 fully saturated rings. The molecule has 1 amide bonds. The average Bonchev–Trinajstić information content (AvgIpc) is 2.53. The van der Waals surface area contributed by atoms with E-state index in [1.54, 1.807) is 0 Å². The van der Waals surface area contributed by atoms with Crippen LogP contribution in [0.3, 0.4) is 0 Å². The zero-order valence-corrected chi connectivity index (χ0v) is 11.0. The third-order valence-corrected chi connectivity index (χ3v) is 2.84. The standard InChI is InChI=1S/C15H12FN3O2/c16-12-4-2-11(3-5-12)14(20)9-19-15(21)13-6-1-10(7-17)8-18-13/h1-6,8,14,20H,9H2,(H,19,21). The Balaban J connectivity index is 1.94. The van der Waals surface area contributed by atoms with E-state index in [1.165, 1.54) is 42.6 Å². The van der Waals surface area contributed by atoms with Gasteiger partial charge in [0.05, 0.1) is 11.7 Å². The summed E-state index contributed by atoms with van der Waals surface area (Å²) in [5, 5.41) is 21.0. The molecule has 0 saturated heterocycles. The highest BCUT2D eigenvalue weighted by atomic mass is 19.1. The summed E-state index contributed by atoms with van der Waals surface area (Å²) in [7, 11) is 0. The van der Waals surface area contributed by atoms with E-state index in [4.69, 9.17) is 5.26 Å². The van der Waals surface area contributed by atoms with E-state index in [-0.39, 0.29) is 12.2 Å². The van der Waals surface area contributed by atoms with Crippen molar-refractivity contribution in [2.24, 2.45) is 0 Å². The lowest BCUT2D eigenvalue weighted by molar-refractivity contribution is 0.0911. The molecule has 21 heavy (non-hydrogen) atoms. The molecule has 1 atom stereocenters. The molecule has 2 aromatic rings. The highest BCUT2D eigenvalue weighted by Gasteiger charge is 2.11. The normalized spacial score (nSPS) is 11.5. The Hall–Kier alpha value is -2.78. The third kappa shape index (κ3) is 3.84. The molecule has 0 aliphatic carbocycles. The number of nitriles is 1. The van der Waals surface area contributed by atoms with E-state index in [9.17, 15) is 14.3 Å². The number of halogens is 1. The lowest BCUT2D eigenvalue weighted by atomic mass is 10.1. The first kappa shape index (κ1) is 14.6. The van der Waals surface area contributed by atoms with Crippen molar-refractivity contribution in [3.63, 3.8) is 0 Å². The highest BCUT2D eigenvalue weighted by Crippen LogP contribution is 2.12. The molecule has 2 N–H and O–H groups in total. The van der Waals surface area contributed by atoms with Gasteiger partial charge in [0.15, 0.2) is 0 Å². The predicted octanol–water partition coefficient (Wildman–Crippen LogP) is 1.56. The lowest BCUT2D eigenvalue weighted by Gasteiger charge is -2.12. The van der Waals surface area contributed by atoms with Crippen molar-refractivity contribution in [3.8, 4) is 6.07 Å². The number of benzene rings is 1. The molecule has 0 aliphatic heterocycles. The van der Waals surface area contributed by atoms with Crippen LogP contribution in [0.15, 0.2) is 42.6 Å². The first-order valence-electron chi connectivity index (χ1n) is 6.18. The van der Waals surface area contributed by atoms with Gasteiger partial charge >= 0.3 is 0 Å². The molecule has 5 nitrogen and oxygen atoms in total. The number of nitrogens with one attached hydrogen (secondary N) is 1. The number of aliphatic hydroxyl groups excluding tert-OH is 1. The molecule has 0 bridgehead atoms. The van der Waals surface area contributed by atoms with Crippen LogP contribution in [0.2, 0.25) is 0 Å². The molecule has 1 unspecified atom stereocenters. The minimum absolute atomic E-state index is 0.0217. The van der Waals surface area contributed by atoms with Gasteiger partial charge in [-0.3, -0.25) is 4.79 Å². The van der Waals surface area contributed by atoms with Crippen LogP contribution in [0.25, 0.3) is 0 Å². The average molecular weight is 285 g/mol. The van der Waals surface area contributed by atoms with Gasteiger partial charge in [-0.2, -0.15) is 5.26 Å². The van der Waals surface area contributed by atoms with E-state index in [0.29, 0.717) is 11.1 Å². The molecule has 0 saturated carbocycles. The quantitative estimate of drug-likeness (QED) is 0.892. The Morgan fingerprint density at radius 1 is 1.33 bits per heavy atom. The zero-order valence-electron chi connectivity index (χ0n) is 11.0. The number of aliphatic hydroxyl groups is 1. The van der Waals surface area contributed by atoms with Crippen molar-refractivity contribution in [3.05, 3.63) is 65.2 Å². The van der Waals surface area contributed by atoms with E-state index in [1.807, 2.05) is 6.07 Å². The Labute approximate surface area is 120 Å². The maximum Gasteiger partial charge on any atom is 0.269 e. The number of carbonyl (C=O) groups excluding carboxylic acids is 1. The van der Waals surface area contributed by atoms with Crippen LogP contribution in [0.1, 0.15) is 27.7 Å². The largest absolute Gasteiger partial charge is 0.387 e. The van der Waals surface area contributed by atoms with E-state index in [2.05, 4.69) is 10.3 Å². The second kappa shape index (κ2) is 6.59. The molecule has 106 valence electrons. The van der Waals surface area contributed by atoms with Crippen LogP contribution in [-0.4, -0.2) is 22.5 Å². The van der Waals surface area contributed by atoms with Gasteiger partial charge in [0, 0.05) is 12.7 Å². The van der Waals surface area contributed by atoms with Crippen molar-refractivity contribution >= 4 is 5.91 Å². The molecule has 6 heteroatoms. The molecule has 1 heterocycles. The number of amides is 1. The molecule has 1 aromatic carbocycles. The third-order valence-electron chi connectivity index (χ3n) is 2.84. The number of aromatic nitrogens is 1. The number of carbonyl (C=O) groups is 1. The van der Waals surface area contributed by atoms with Gasteiger partial charge in [-0.15, -0.1) is 0 Å². The van der Waals surface area contributed by atoms with Gasteiger partial charge in [0.1, 0.15) is 17.6 Å². The van der Waals surface area contributed by atoms with E-state index < -0.39 is 17.8 Å². The maximum atomic E-state index is 12.8. The van der Waals surface area contributed by atoms with Crippen LogP contribution in [0, 0.1) is 17.1 Å². The molecular formula is C15H12FN3O2. The summed E-state index contributed by atoms with van der Waals surface area (Å²) in [6, 6.07) is 10.2. The van der Waals surface area contributed by atoms with Crippen LogP contribution in [0.5, 0.6) is 0 Å². The molecular weight excluding hydrogens is 273 g/mol.